The van der Waals surface area contributed by atoms with Crippen molar-refractivity contribution in [1.29, 1.82) is 0 Å². The zero-order valence-corrected chi connectivity index (χ0v) is 5.61. The van der Waals surface area contributed by atoms with E-state index < -0.39 is 0 Å². The first-order chi connectivity index (χ1) is 4.43. The zero-order chi connectivity index (χ0) is 6.53. The summed E-state index contributed by atoms with van der Waals surface area (Å²) < 4.78 is 0. The summed E-state index contributed by atoms with van der Waals surface area (Å²) in [5, 5.41) is 0. The van der Waals surface area contributed by atoms with Crippen LogP contribution >= 0.6 is 0 Å². The van der Waals surface area contributed by atoms with E-state index in [-0.39, 0.29) is 0 Å². The molecule has 1 radical (unpaired) electrons. The normalized spacial score (nSPS) is 17.0. The van der Waals surface area contributed by atoms with E-state index in [1.165, 1.54) is 24.8 Å². The maximum atomic E-state index is 6.69. The van der Waals surface area contributed by atoms with Crippen molar-refractivity contribution in [1.82, 2.24) is 0 Å². The van der Waals surface area contributed by atoms with Crippen molar-refractivity contribution in [2.45, 2.75) is 32.1 Å². The minimum atomic E-state index is 0.811. The summed E-state index contributed by atoms with van der Waals surface area (Å²) in [5.74, 6) is 2.40. The molecular formula is C9H11. The van der Waals surface area contributed by atoms with Gasteiger partial charge in [0.1, 0.15) is 0 Å². The number of hydrogen-bond acceptors (Lipinski definition) is 0. The molecule has 0 saturated carbocycles. The van der Waals surface area contributed by atoms with E-state index in [1.807, 2.05) is 0 Å². The average molecular weight is 119 g/mol. The van der Waals surface area contributed by atoms with E-state index in [0.717, 1.165) is 12.8 Å². The van der Waals surface area contributed by atoms with Crippen LogP contribution < -0.4 is 0 Å². The van der Waals surface area contributed by atoms with Crippen LogP contribution in [0.5, 0.6) is 0 Å². The monoisotopic (exact) mass is 119 g/mol. The topological polar surface area (TPSA) is 0 Å². The molecule has 0 N–H and O–H groups in total. The number of allylic oxidation sites excluding steroid dienone is 2. The van der Waals surface area contributed by atoms with Gasteiger partial charge in [0.05, 0.1) is 0 Å². The zero-order valence-electron chi connectivity index (χ0n) is 5.61. The van der Waals surface area contributed by atoms with Gasteiger partial charge in [-0.25, -0.2) is 0 Å². The van der Waals surface area contributed by atoms with Crippen LogP contribution in [0.4, 0.5) is 0 Å². The predicted molar refractivity (Wildman–Crippen MR) is 38.3 cm³/mol. The van der Waals surface area contributed by atoms with Gasteiger partial charge in [0, 0.05) is 6.42 Å². The maximum absolute atomic E-state index is 6.69. The van der Waals surface area contributed by atoms with E-state index in [9.17, 15) is 0 Å². The highest BCUT2D eigenvalue weighted by Crippen LogP contribution is 2.21. The third-order valence-corrected chi connectivity index (χ3v) is 1.71. The Hall–Kier alpha value is -0.700. The molecule has 0 heterocycles. The molecule has 0 aromatic carbocycles. The van der Waals surface area contributed by atoms with Crippen molar-refractivity contribution in [2.75, 3.05) is 0 Å². The molecule has 0 amide bonds. The molecular weight excluding hydrogens is 108 g/mol. The molecule has 0 nitrogen and oxygen atoms in total. The van der Waals surface area contributed by atoms with Crippen molar-refractivity contribution >= 4 is 0 Å². The fourth-order valence-electron chi connectivity index (χ4n) is 1.19. The minimum absolute atomic E-state index is 0.811. The minimum Gasteiger partial charge on any atom is -0.0888 e. The lowest BCUT2D eigenvalue weighted by Crippen LogP contribution is -1.75. The fraction of sp³-hybridized carbons (Fsp3) is 0.556. The van der Waals surface area contributed by atoms with Gasteiger partial charge in [-0.15, -0.1) is 0 Å². The Morgan fingerprint density at radius 1 is 1.67 bits per heavy atom. The van der Waals surface area contributed by atoms with Gasteiger partial charge in [-0.05, 0) is 32.1 Å². The van der Waals surface area contributed by atoms with Gasteiger partial charge < -0.3 is 0 Å². The summed E-state index contributed by atoms with van der Waals surface area (Å²) in [6.45, 7) is 0. The third-order valence-electron chi connectivity index (χ3n) is 1.71. The summed E-state index contributed by atoms with van der Waals surface area (Å²) in [5.41, 5.74) is 1.54. The van der Waals surface area contributed by atoms with E-state index in [2.05, 4.69) is 12.0 Å². The summed E-state index contributed by atoms with van der Waals surface area (Å²) in [7, 11) is 0. The molecule has 1 aliphatic rings. The van der Waals surface area contributed by atoms with Crippen LogP contribution in [0.15, 0.2) is 11.6 Å². The lowest BCUT2D eigenvalue weighted by atomic mass is 10.1. The molecule has 0 aliphatic heterocycles. The van der Waals surface area contributed by atoms with E-state index in [0.29, 0.717) is 0 Å². The fourth-order valence-corrected chi connectivity index (χ4v) is 1.19. The molecule has 0 fully saturated rings. The third kappa shape index (κ3) is 1.93. The van der Waals surface area contributed by atoms with Crippen LogP contribution in [0, 0.1) is 12.3 Å². The van der Waals surface area contributed by atoms with E-state index in [4.69, 9.17) is 6.42 Å². The highest BCUT2D eigenvalue weighted by Gasteiger charge is 2.01. The Morgan fingerprint density at radius 2 is 2.56 bits per heavy atom. The van der Waals surface area contributed by atoms with Crippen LogP contribution in [0.25, 0.3) is 0 Å². The molecule has 0 heteroatoms. The van der Waals surface area contributed by atoms with Gasteiger partial charge in [0.15, 0.2) is 0 Å². The highest BCUT2D eigenvalue weighted by atomic mass is 14.1. The lowest BCUT2D eigenvalue weighted by molar-refractivity contribution is 0.861. The van der Waals surface area contributed by atoms with Crippen molar-refractivity contribution in [2.24, 2.45) is 0 Å². The second-order valence-electron chi connectivity index (χ2n) is 2.43. The van der Waals surface area contributed by atoms with Gasteiger partial charge >= 0.3 is 0 Å². The SMILES string of the molecule is [C]#CCCC1=CCCC1. The molecule has 1 rings (SSSR count). The van der Waals surface area contributed by atoms with Crippen molar-refractivity contribution in [3.05, 3.63) is 18.1 Å². The number of rotatable bonds is 2. The maximum Gasteiger partial charge on any atom is 0.0136 e. The Morgan fingerprint density at radius 3 is 3.11 bits per heavy atom. The Bertz CT molecular complexity index is 146. The largest absolute Gasteiger partial charge is 0.0888 e. The molecule has 0 bridgehead atoms. The molecule has 0 aromatic rings. The quantitative estimate of drug-likeness (QED) is 0.387. The smallest absolute Gasteiger partial charge is 0.0136 e. The molecule has 0 spiro atoms. The van der Waals surface area contributed by atoms with Crippen LogP contribution in [0.2, 0.25) is 0 Å². The summed E-state index contributed by atoms with van der Waals surface area (Å²) >= 11 is 0. The van der Waals surface area contributed by atoms with Crippen LogP contribution in [-0.2, 0) is 0 Å². The van der Waals surface area contributed by atoms with Crippen LogP contribution in [0.3, 0.4) is 0 Å². The van der Waals surface area contributed by atoms with Gasteiger partial charge in [-0.3, -0.25) is 0 Å². The second kappa shape index (κ2) is 3.35. The molecule has 9 heavy (non-hydrogen) atoms. The molecule has 0 saturated heterocycles. The second-order valence-corrected chi connectivity index (χ2v) is 2.43. The Kier molecular flexibility index (Phi) is 2.39. The summed E-state index contributed by atoms with van der Waals surface area (Å²) in [6.07, 6.45) is 14.7. The molecule has 1 aliphatic carbocycles. The van der Waals surface area contributed by atoms with Gasteiger partial charge in [-0.1, -0.05) is 17.6 Å². The van der Waals surface area contributed by atoms with Crippen LogP contribution in [0.1, 0.15) is 32.1 Å². The molecule has 0 unspecified atom stereocenters. The highest BCUT2D eigenvalue weighted by molar-refractivity contribution is 5.08. The average Bonchev–Trinajstić information content (AvgIpc) is 2.34. The molecule has 0 aromatic heterocycles. The van der Waals surface area contributed by atoms with Crippen molar-refractivity contribution < 1.29 is 0 Å². The van der Waals surface area contributed by atoms with E-state index in [1.54, 1.807) is 0 Å². The standard InChI is InChI=1S/C9H11/c1-2-3-6-9-7-4-5-8-9/h7H,3-6,8H2. The Labute approximate surface area is 57.0 Å². The predicted octanol–water partition coefficient (Wildman–Crippen LogP) is 2.47. The Balaban J connectivity index is 2.20. The van der Waals surface area contributed by atoms with Gasteiger partial charge in [-0.2, -0.15) is 0 Å². The van der Waals surface area contributed by atoms with Gasteiger partial charge in [0.25, 0.3) is 0 Å². The summed E-state index contributed by atoms with van der Waals surface area (Å²) in [6, 6.07) is 0. The van der Waals surface area contributed by atoms with Crippen molar-refractivity contribution in [3.63, 3.8) is 0 Å². The molecule has 47 valence electrons. The first-order valence-corrected chi connectivity index (χ1v) is 3.51. The first kappa shape index (κ1) is 6.42. The summed E-state index contributed by atoms with van der Waals surface area (Å²) in [4.78, 5) is 0. The first-order valence-electron chi connectivity index (χ1n) is 3.51. The van der Waals surface area contributed by atoms with Gasteiger partial charge in [0.2, 0.25) is 0 Å². The van der Waals surface area contributed by atoms with Crippen LogP contribution in [-0.4, -0.2) is 0 Å². The van der Waals surface area contributed by atoms with E-state index >= 15 is 0 Å². The lowest BCUT2D eigenvalue weighted by Gasteiger charge is -1.93. The number of hydrogen-bond donors (Lipinski definition) is 0. The molecule has 0 atom stereocenters. The van der Waals surface area contributed by atoms with Crippen molar-refractivity contribution in [3.8, 4) is 5.92 Å².